The van der Waals surface area contributed by atoms with Gasteiger partial charge in [0.2, 0.25) is 0 Å². The Kier molecular flexibility index (Phi) is 5.69. The fraction of sp³-hybridized carbons (Fsp3) is 1.00. The molecule has 96 valence electrons. The molecular formula is C12H27N3O. The number of hydrogen-bond acceptors (Lipinski definition) is 4. The highest BCUT2D eigenvalue weighted by molar-refractivity contribution is 4.78. The summed E-state index contributed by atoms with van der Waals surface area (Å²) in [5, 5.41) is 9.55. The second-order valence-electron chi connectivity index (χ2n) is 5.16. The van der Waals surface area contributed by atoms with Crippen LogP contribution in [0.3, 0.4) is 0 Å². The summed E-state index contributed by atoms with van der Waals surface area (Å²) in [4.78, 5) is 7.12. The number of piperazine rings is 1. The van der Waals surface area contributed by atoms with Crippen LogP contribution in [0, 0.1) is 0 Å². The highest BCUT2D eigenvalue weighted by Crippen LogP contribution is 2.08. The molecule has 1 aliphatic heterocycles. The molecule has 16 heavy (non-hydrogen) atoms. The third kappa shape index (κ3) is 4.37. The van der Waals surface area contributed by atoms with E-state index in [-0.39, 0.29) is 12.1 Å². The lowest BCUT2D eigenvalue weighted by atomic mass is 10.1. The maximum atomic E-state index is 9.55. The van der Waals surface area contributed by atoms with Crippen molar-refractivity contribution in [1.29, 1.82) is 0 Å². The number of rotatable bonds is 5. The molecule has 4 nitrogen and oxygen atoms in total. The van der Waals surface area contributed by atoms with Crippen LogP contribution in [0.5, 0.6) is 0 Å². The van der Waals surface area contributed by atoms with Crippen LogP contribution in [0.2, 0.25) is 0 Å². The lowest BCUT2D eigenvalue weighted by Crippen LogP contribution is -2.53. The molecule has 2 atom stereocenters. The number of hydrogen-bond donors (Lipinski definition) is 1. The minimum absolute atomic E-state index is 0.228. The first-order chi connectivity index (χ1) is 7.50. The summed E-state index contributed by atoms with van der Waals surface area (Å²) in [6, 6.07) is 0.288. The molecule has 0 aromatic heterocycles. The molecule has 0 spiro atoms. The van der Waals surface area contributed by atoms with Gasteiger partial charge in [-0.3, -0.25) is 9.80 Å². The molecule has 2 unspecified atom stereocenters. The van der Waals surface area contributed by atoms with Crippen molar-refractivity contribution in [2.24, 2.45) is 0 Å². The highest BCUT2D eigenvalue weighted by Gasteiger charge is 2.23. The summed E-state index contributed by atoms with van der Waals surface area (Å²) in [5.74, 6) is 0. The molecule has 1 fully saturated rings. The Morgan fingerprint density at radius 2 is 1.69 bits per heavy atom. The zero-order valence-corrected chi connectivity index (χ0v) is 11.2. The lowest BCUT2D eigenvalue weighted by molar-refractivity contribution is 0.0342. The standard InChI is InChI=1S/C12H27N3O/c1-11(12(2)16)15-9-7-14(8-10-15)6-5-13(3)4/h11-12,16H,5-10H2,1-4H3. The number of likely N-dealkylation sites (N-methyl/N-ethyl adjacent to an activating group) is 1. The van der Waals surface area contributed by atoms with Crippen LogP contribution < -0.4 is 0 Å². The molecular weight excluding hydrogens is 202 g/mol. The molecule has 1 N–H and O–H groups in total. The Balaban J connectivity index is 2.23. The summed E-state index contributed by atoms with van der Waals surface area (Å²) in [7, 11) is 4.23. The lowest BCUT2D eigenvalue weighted by Gasteiger charge is -2.39. The average Bonchev–Trinajstić information content (AvgIpc) is 2.26. The van der Waals surface area contributed by atoms with E-state index < -0.39 is 0 Å². The van der Waals surface area contributed by atoms with Gasteiger partial charge in [0.1, 0.15) is 0 Å². The second-order valence-corrected chi connectivity index (χ2v) is 5.16. The molecule has 0 aromatic rings. The Morgan fingerprint density at radius 1 is 1.12 bits per heavy atom. The molecule has 1 heterocycles. The number of aliphatic hydroxyl groups is 1. The smallest absolute Gasteiger partial charge is 0.0664 e. The summed E-state index contributed by atoms with van der Waals surface area (Å²) in [5.41, 5.74) is 0. The minimum Gasteiger partial charge on any atom is -0.392 e. The first kappa shape index (κ1) is 13.9. The molecule has 0 saturated carbocycles. The van der Waals surface area contributed by atoms with Crippen molar-refractivity contribution >= 4 is 0 Å². The van der Waals surface area contributed by atoms with Gasteiger partial charge in [0, 0.05) is 45.3 Å². The second kappa shape index (κ2) is 6.55. The summed E-state index contributed by atoms with van der Waals surface area (Å²) >= 11 is 0. The van der Waals surface area contributed by atoms with E-state index in [4.69, 9.17) is 0 Å². The Labute approximate surface area is 99.8 Å². The monoisotopic (exact) mass is 229 g/mol. The van der Waals surface area contributed by atoms with Gasteiger partial charge in [0.25, 0.3) is 0 Å². The molecule has 0 amide bonds. The molecule has 1 aliphatic rings. The fourth-order valence-corrected chi connectivity index (χ4v) is 2.04. The van der Waals surface area contributed by atoms with Crippen molar-refractivity contribution in [3.05, 3.63) is 0 Å². The van der Waals surface area contributed by atoms with Gasteiger partial charge >= 0.3 is 0 Å². The topological polar surface area (TPSA) is 30.0 Å². The van der Waals surface area contributed by atoms with Crippen molar-refractivity contribution in [3.8, 4) is 0 Å². The van der Waals surface area contributed by atoms with Crippen LogP contribution in [0.25, 0.3) is 0 Å². The van der Waals surface area contributed by atoms with Crippen LogP contribution in [-0.4, -0.2) is 85.3 Å². The van der Waals surface area contributed by atoms with Gasteiger partial charge in [0.15, 0.2) is 0 Å². The van der Waals surface area contributed by atoms with Gasteiger partial charge in [-0.15, -0.1) is 0 Å². The predicted octanol–water partition coefficient (Wildman–Crippen LogP) is -0.0651. The number of nitrogens with zero attached hydrogens (tertiary/aromatic N) is 3. The third-order valence-electron chi connectivity index (χ3n) is 3.54. The van der Waals surface area contributed by atoms with Crippen molar-refractivity contribution in [3.63, 3.8) is 0 Å². The van der Waals surface area contributed by atoms with Gasteiger partial charge in [-0.1, -0.05) is 0 Å². The van der Waals surface area contributed by atoms with Crippen LogP contribution in [0.1, 0.15) is 13.8 Å². The third-order valence-corrected chi connectivity index (χ3v) is 3.54. The molecule has 1 rings (SSSR count). The minimum atomic E-state index is -0.228. The number of aliphatic hydroxyl groups excluding tert-OH is 1. The van der Waals surface area contributed by atoms with E-state index in [0.717, 1.165) is 39.3 Å². The average molecular weight is 229 g/mol. The van der Waals surface area contributed by atoms with Crippen LogP contribution >= 0.6 is 0 Å². The molecule has 0 aromatic carbocycles. The molecule has 0 bridgehead atoms. The maximum Gasteiger partial charge on any atom is 0.0664 e. The first-order valence-corrected chi connectivity index (χ1v) is 6.30. The summed E-state index contributed by atoms with van der Waals surface area (Å²) < 4.78 is 0. The summed E-state index contributed by atoms with van der Waals surface area (Å²) in [6.07, 6.45) is -0.228. The zero-order chi connectivity index (χ0) is 12.1. The van der Waals surface area contributed by atoms with E-state index in [2.05, 4.69) is 35.7 Å². The molecule has 1 saturated heterocycles. The van der Waals surface area contributed by atoms with Gasteiger partial charge in [-0.05, 0) is 27.9 Å². The first-order valence-electron chi connectivity index (χ1n) is 6.30. The Hall–Kier alpha value is -0.160. The van der Waals surface area contributed by atoms with Crippen LogP contribution in [0.15, 0.2) is 0 Å². The normalized spacial score (nSPS) is 23.6. The van der Waals surface area contributed by atoms with Crippen molar-refractivity contribution in [1.82, 2.24) is 14.7 Å². The van der Waals surface area contributed by atoms with E-state index in [1.165, 1.54) is 0 Å². The van der Waals surface area contributed by atoms with E-state index in [0.29, 0.717) is 0 Å². The van der Waals surface area contributed by atoms with E-state index in [1.54, 1.807) is 0 Å². The largest absolute Gasteiger partial charge is 0.392 e. The van der Waals surface area contributed by atoms with E-state index in [1.807, 2.05) is 6.92 Å². The maximum absolute atomic E-state index is 9.55. The predicted molar refractivity (Wildman–Crippen MR) is 67.7 cm³/mol. The molecule has 0 radical (unpaired) electrons. The van der Waals surface area contributed by atoms with Crippen LogP contribution in [0.4, 0.5) is 0 Å². The summed E-state index contributed by atoms with van der Waals surface area (Å²) in [6.45, 7) is 10.7. The Morgan fingerprint density at radius 3 is 2.12 bits per heavy atom. The van der Waals surface area contributed by atoms with Gasteiger partial charge in [-0.2, -0.15) is 0 Å². The Bertz CT molecular complexity index is 189. The fourth-order valence-electron chi connectivity index (χ4n) is 2.04. The van der Waals surface area contributed by atoms with Crippen molar-refractivity contribution < 1.29 is 5.11 Å². The van der Waals surface area contributed by atoms with Crippen molar-refractivity contribution in [2.75, 3.05) is 53.4 Å². The van der Waals surface area contributed by atoms with Crippen LogP contribution in [-0.2, 0) is 0 Å². The van der Waals surface area contributed by atoms with E-state index in [9.17, 15) is 5.11 Å². The van der Waals surface area contributed by atoms with Crippen molar-refractivity contribution in [2.45, 2.75) is 26.0 Å². The van der Waals surface area contributed by atoms with Gasteiger partial charge < -0.3 is 10.0 Å². The zero-order valence-electron chi connectivity index (χ0n) is 11.2. The van der Waals surface area contributed by atoms with E-state index >= 15 is 0 Å². The quantitative estimate of drug-likeness (QED) is 0.715. The molecule has 4 heteroatoms. The van der Waals surface area contributed by atoms with Gasteiger partial charge in [0.05, 0.1) is 6.10 Å². The highest BCUT2D eigenvalue weighted by atomic mass is 16.3. The SMILES string of the molecule is CC(O)C(C)N1CCN(CCN(C)C)CC1. The van der Waals surface area contributed by atoms with Gasteiger partial charge in [-0.25, -0.2) is 0 Å². The molecule has 0 aliphatic carbocycles.